The van der Waals surface area contributed by atoms with Crippen molar-refractivity contribution in [3.8, 4) is 0 Å². The summed E-state index contributed by atoms with van der Waals surface area (Å²) in [5, 5.41) is 2.77. The van der Waals surface area contributed by atoms with Crippen molar-refractivity contribution in [2.75, 3.05) is 29.2 Å². The number of benzene rings is 1. The first kappa shape index (κ1) is 16.4. The van der Waals surface area contributed by atoms with E-state index in [4.69, 9.17) is 10.5 Å². The van der Waals surface area contributed by atoms with Crippen LogP contribution in [0.15, 0.2) is 24.3 Å². The summed E-state index contributed by atoms with van der Waals surface area (Å²) in [4.78, 5) is 22.8. The third-order valence-corrected chi connectivity index (χ3v) is 3.47. The van der Waals surface area contributed by atoms with E-state index in [-0.39, 0.29) is 11.9 Å². The summed E-state index contributed by atoms with van der Waals surface area (Å²) in [5.74, 6) is 0.802. The number of carbonyl (C=O) groups is 2. The molecule has 0 fully saturated rings. The summed E-state index contributed by atoms with van der Waals surface area (Å²) < 4.78 is 4.81. The van der Waals surface area contributed by atoms with E-state index >= 15 is 0 Å². The first-order chi connectivity index (χ1) is 9.63. The van der Waals surface area contributed by atoms with E-state index < -0.39 is 0 Å². The van der Waals surface area contributed by atoms with Gasteiger partial charge in [-0.1, -0.05) is 12.1 Å². The number of ether oxygens (including phenoxy) is 1. The quantitative estimate of drug-likeness (QED) is 0.437. The molecule has 0 unspecified atom stereocenters. The van der Waals surface area contributed by atoms with Gasteiger partial charge in [-0.15, -0.1) is 0 Å². The molecule has 110 valence electrons. The number of anilines is 2. The number of amides is 1. The van der Waals surface area contributed by atoms with Gasteiger partial charge in [-0.25, -0.2) is 0 Å². The summed E-state index contributed by atoms with van der Waals surface area (Å²) in [6.45, 7) is 2.18. The van der Waals surface area contributed by atoms with Crippen molar-refractivity contribution in [2.24, 2.45) is 0 Å². The maximum absolute atomic E-state index is 11.7. The minimum atomic E-state index is -0.209. The van der Waals surface area contributed by atoms with E-state index in [1.807, 2.05) is 12.1 Å². The summed E-state index contributed by atoms with van der Waals surface area (Å²) in [5.41, 5.74) is 6.93. The van der Waals surface area contributed by atoms with E-state index in [9.17, 15) is 9.59 Å². The van der Waals surface area contributed by atoms with Gasteiger partial charge in [-0.05, 0) is 31.2 Å². The number of nitrogens with two attached hydrogens (primary N) is 1. The number of esters is 1. The fraction of sp³-hybridized carbons (Fsp3) is 0.429. The maximum atomic E-state index is 11.7. The Bertz CT molecular complexity index is 452. The number of para-hydroxylation sites is 2. The zero-order valence-electron chi connectivity index (χ0n) is 11.6. The van der Waals surface area contributed by atoms with Crippen LogP contribution in [0.3, 0.4) is 0 Å². The zero-order valence-corrected chi connectivity index (χ0v) is 12.4. The van der Waals surface area contributed by atoms with E-state index in [2.05, 4.69) is 5.32 Å². The second kappa shape index (κ2) is 9.25. The summed E-state index contributed by atoms with van der Waals surface area (Å²) in [6, 6.07) is 7.14. The van der Waals surface area contributed by atoms with Crippen LogP contribution in [0.4, 0.5) is 11.4 Å². The molecule has 5 nitrogen and oxygen atoms in total. The largest absolute Gasteiger partial charge is 0.465 e. The molecule has 0 bridgehead atoms. The molecule has 1 aromatic rings. The number of carbonyl (C=O) groups excluding carboxylic acids is 2. The van der Waals surface area contributed by atoms with Crippen molar-refractivity contribution < 1.29 is 14.3 Å². The Morgan fingerprint density at radius 1 is 1.35 bits per heavy atom. The Hall–Kier alpha value is -1.69. The van der Waals surface area contributed by atoms with Gasteiger partial charge in [0.25, 0.3) is 0 Å². The molecule has 20 heavy (non-hydrogen) atoms. The van der Waals surface area contributed by atoms with Crippen molar-refractivity contribution in [3.05, 3.63) is 24.3 Å². The van der Waals surface area contributed by atoms with Crippen molar-refractivity contribution in [2.45, 2.75) is 19.8 Å². The lowest BCUT2D eigenvalue weighted by molar-refractivity contribution is -0.139. The molecular weight excluding hydrogens is 276 g/mol. The van der Waals surface area contributed by atoms with E-state index in [0.29, 0.717) is 36.6 Å². The first-order valence-electron chi connectivity index (χ1n) is 6.51. The second-order valence-corrected chi connectivity index (χ2v) is 5.20. The van der Waals surface area contributed by atoms with Gasteiger partial charge in [0.1, 0.15) is 0 Å². The van der Waals surface area contributed by atoms with Gasteiger partial charge in [0.15, 0.2) is 0 Å². The van der Waals surface area contributed by atoms with Crippen LogP contribution in [-0.4, -0.2) is 30.0 Å². The van der Waals surface area contributed by atoms with Gasteiger partial charge in [0, 0.05) is 6.42 Å². The molecular formula is C14H20N2O3S. The number of rotatable bonds is 8. The average molecular weight is 296 g/mol. The van der Waals surface area contributed by atoms with Gasteiger partial charge in [0.05, 0.1) is 23.7 Å². The van der Waals surface area contributed by atoms with Gasteiger partial charge in [-0.2, -0.15) is 11.8 Å². The fourth-order valence-corrected chi connectivity index (χ4v) is 2.26. The van der Waals surface area contributed by atoms with Gasteiger partial charge < -0.3 is 15.8 Å². The SMILES string of the molecule is CCOC(=O)CSCCCC(=O)Nc1ccccc1N. The van der Waals surface area contributed by atoms with Crippen LogP contribution >= 0.6 is 11.8 Å². The highest BCUT2D eigenvalue weighted by Gasteiger charge is 2.05. The molecule has 0 aliphatic carbocycles. The van der Waals surface area contributed by atoms with Crippen molar-refractivity contribution in [1.29, 1.82) is 0 Å². The number of thioether (sulfide) groups is 1. The third kappa shape index (κ3) is 6.47. The molecule has 0 atom stereocenters. The fourth-order valence-electron chi connectivity index (χ4n) is 1.52. The molecule has 1 rings (SSSR count). The predicted octanol–water partition coefficient (Wildman–Crippen LogP) is 2.28. The molecule has 0 radical (unpaired) electrons. The molecule has 0 aliphatic rings. The Kier molecular flexibility index (Phi) is 7.57. The smallest absolute Gasteiger partial charge is 0.315 e. The molecule has 0 spiro atoms. The third-order valence-electron chi connectivity index (χ3n) is 2.45. The molecule has 0 saturated carbocycles. The van der Waals surface area contributed by atoms with Gasteiger partial charge >= 0.3 is 5.97 Å². The Morgan fingerprint density at radius 3 is 2.80 bits per heavy atom. The summed E-state index contributed by atoms with van der Waals surface area (Å²) >= 11 is 1.47. The summed E-state index contributed by atoms with van der Waals surface area (Å²) in [7, 11) is 0. The lowest BCUT2D eigenvalue weighted by atomic mass is 10.2. The molecule has 1 aromatic carbocycles. The topological polar surface area (TPSA) is 81.4 Å². The standard InChI is InChI=1S/C14H20N2O3S/c1-2-19-14(18)10-20-9-5-8-13(17)16-12-7-4-3-6-11(12)15/h3-4,6-7H,2,5,8-10,15H2,1H3,(H,16,17). The monoisotopic (exact) mass is 296 g/mol. The van der Waals surface area contributed by atoms with Crippen LogP contribution in [0.5, 0.6) is 0 Å². The van der Waals surface area contributed by atoms with Crippen molar-refractivity contribution in [3.63, 3.8) is 0 Å². The van der Waals surface area contributed by atoms with Crippen LogP contribution in [-0.2, 0) is 14.3 Å². The normalized spacial score (nSPS) is 10.1. The van der Waals surface area contributed by atoms with Crippen molar-refractivity contribution >= 4 is 35.0 Å². The highest BCUT2D eigenvalue weighted by atomic mass is 32.2. The minimum absolute atomic E-state index is 0.0698. The molecule has 0 aliphatic heterocycles. The number of hydrogen-bond acceptors (Lipinski definition) is 5. The number of hydrogen-bond donors (Lipinski definition) is 2. The molecule has 0 heterocycles. The maximum Gasteiger partial charge on any atom is 0.315 e. The molecule has 3 N–H and O–H groups in total. The highest BCUT2D eigenvalue weighted by molar-refractivity contribution is 7.99. The minimum Gasteiger partial charge on any atom is -0.465 e. The van der Waals surface area contributed by atoms with Gasteiger partial charge in [-0.3, -0.25) is 9.59 Å². The average Bonchev–Trinajstić information content (AvgIpc) is 2.41. The zero-order chi connectivity index (χ0) is 14.8. The van der Waals surface area contributed by atoms with E-state index in [0.717, 1.165) is 5.75 Å². The van der Waals surface area contributed by atoms with E-state index in [1.165, 1.54) is 11.8 Å². The first-order valence-corrected chi connectivity index (χ1v) is 7.66. The molecule has 0 saturated heterocycles. The Morgan fingerprint density at radius 2 is 2.10 bits per heavy atom. The second-order valence-electron chi connectivity index (χ2n) is 4.10. The lowest BCUT2D eigenvalue weighted by Crippen LogP contribution is -2.13. The van der Waals surface area contributed by atoms with Gasteiger partial charge in [0.2, 0.25) is 5.91 Å². The lowest BCUT2D eigenvalue weighted by Gasteiger charge is -2.07. The molecule has 0 aromatic heterocycles. The van der Waals surface area contributed by atoms with E-state index in [1.54, 1.807) is 19.1 Å². The number of nitrogen functional groups attached to an aromatic ring is 1. The highest BCUT2D eigenvalue weighted by Crippen LogP contribution is 2.17. The number of nitrogens with one attached hydrogen (secondary N) is 1. The van der Waals surface area contributed by atoms with Crippen LogP contribution in [0.1, 0.15) is 19.8 Å². The molecule has 6 heteroatoms. The van der Waals surface area contributed by atoms with Crippen LogP contribution in [0, 0.1) is 0 Å². The van der Waals surface area contributed by atoms with Crippen molar-refractivity contribution in [1.82, 2.24) is 0 Å². The predicted molar refractivity (Wildman–Crippen MR) is 82.7 cm³/mol. The Labute approximate surface area is 123 Å². The molecule has 1 amide bonds. The van der Waals surface area contributed by atoms with Crippen LogP contribution in [0.25, 0.3) is 0 Å². The van der Waals surface area contributed by atoms with Crippen LogP contribution in [0.2, 0.25) is 0 Å². The Balaban J connectivity index is 2.15. The van der Waals surface area contributed by atoms with Crippen LogP contribution < -0.4 is 11.1 Å². The summed E-state index contributed by atoms with van der Waals surface area (Å²) in [6.07, 6.45) is 1.12.